The Labute approximate surface area is 105 Å². The molecule has 2 aromatic rings. The minimum atomic E-state index is -0.741. The second kappa shape index (κ2) is 3.87. The molecule has 1 aromatic carbocycles. The zero-order valence-electron chi connectivity index (χ0n) is 10.4. The van der Waals surface area contributed by atoms with Gasteiger partial charge in [-0.25, -0.2) is 0 Å². The van der Waals surface area contributed by atoms with Gasteiger partial charge in [0.2, 0.25) is 0 Å². The first kappa shape index (κ1) is 11.3. The number of carboxylic acid groups (broad SMARTS) is 1. The minimum Gasteiger partial charge on any atom is -0.481 e. The third-order valence-corrected chi connectivity index (χ3v) is 4.13. The molecule has 0 bridgehead atoms. The summed E-state index contributed by atoms with van der Waals surface area (Å²) < 4.78 is 5.94. The van der Waals surface area contributed by atoms with Crippen molar-refractivity contribution < 1.29 is 14.3 Å². The highest BCUT2D eigenvalue weighted by atomic mass is 16.4. The Bertz CT molecular complexity index is 605. The van der Waals surface area contributed by atoms with Gasteiger partial charge in [0.05, 0.1) is 6.42 Å². The Balaban J connectivity index is 2.13. The molecule has 94 valence electrons. The fraction of sp³-hybridized carbons (Fsp3) is 0.400. The average molecular weight is 244 g/mol. The smallest absolute Gasteiger partial charge is 0.304 e. The monoisotopic (exact) mass is 244 g/mol. The molecule has 3 heteroatoms. The van der Waals surface area contributed by atoms with Crippen LogP contribution in [-0.2, 0) is 10.2 Å². The van der Waals surface area contributed by atoms with Crippen molar-refractivity contribution in [2.24, 2.45) is 0 Å². The third-order valence-electron chi connectivity index (χ3n) is 4.13. The lowest BCUT2D eigenvalue weighted by Gasteiger charge is -2.39. The van der Waals surface area contributed by atoms with Gasteiger partial charge >= 0.3 is 5.97 Å². The number of benzene rings is 1. The summed E-state index contributed by atoms with van der Waals surface area (Å²) in [5.74, 6) is 0.145. The van der Waals surface area contributed by atoms with Crippen LogP contribution in [0.5, 0.6) is 0 Å². The zero-order chi connectivity index (χ0) is 12.8. The van der Waals surface area contributed by atoms with Gasteiger partial charge in [-0.3, -0.25) is 4.79 Å². The molecule has 1 heterocycles. The molecular formula is C15H16O3. The highest BCUT2D eigenvalue weighted by Crippen LogP contribution is 2.49. The fourth-order valence-electron chi connectivity index (χ4n) is 3.06. The number of hydrogen-bond donors (Lipinski definition) is 1. The van der Waals surface area contributed by atoms with Crippen molar-refractivity contribution in [2.45, 2.75) is 38.0 Å². The summed E-state index contributed by atoms with van der Waals surface area (Å²) in [7, 11) is 0. The molecule has 18 heavy (non-hydrogen) atoms. The number of fused-ring (bicyclic) bond motifs is 1. The second-order valence-electron chi connectivity index (χ2n) is 5.26. The van der Waals surface area contributed by atoms with Crippen LogP contribution in [0.1, 0.15) is 37.0 Å². The molecule has 1 aliphatic rings. The maximum absolute atomic E-state index is 11.1. The van der Waals surface area contributed by atoms with Crippen LogP contribution in [0.3, 0.4) is 0 Å². The molecule has 3 nitrogen and oxygen atoms in total. The molecular weight excluding hydrogens is 228 g/mol. The van der Waals surface area contributed by atoms with Crippen LogP contribution >= 0.6 is 0 Å². The average Bonchev–Trinajstić information content (AvgIpc) is 2.62. The largest absolute Gasteiger partial charge is 0.481 e. The number of furan rings is 1. The summed E-state index contributed by atoms with van der Waals surface area (Å²) >= 11 is 0. The van der Waals surface area contributed by atoms with Gasteiger partial charge in [0.1, 0.15) is 11.3 Å². The van der Waals surface area contributed by atoms with Crippen molar-refractivity contribution in [1.82, 2.24) is 0 Å². The topological polar surface area (TPSA) is 50.4 Å². The Morgan fingerprint density at radius 3 is 2.67 bits per heavy atom. The lowest BCUT2D eigenvalue weighted by molar-refractivity contribution is -0.139. The Hall–Kier alpha value is -1.77. The summed E-state index contributed by atoms with van der Waals surface area (Å²) in [6.45, 7) is 2.03. The lowest BCUT2D eigenvalue weighted by Crippen LogP contribution is -2.36. The molecule has 1 aromatic heterocycles. The van der Waals surface area contributed by atoms with Gasteiger partial charge in [0, 0.05) is 10.8 Å². The summed E-state index contributed by atoms with van der Waals surface area (Å²) in [4.78, 5) is 11.1. The molecule has 1 N–H and O–H groups in total. The van der Waals surface area contributed by atoms with E-state index in [0.29, 0.717) is 0 Å². The van der Waals surface area contributed by atoms with Crippen LogP contribution < -0.4 is 0 Å². The molecule has 1 saturated carbocycles. The lowest BCUT2D eigenvalue weighted by atomic mass is 9.64. The Kier molecular flexibility index (Phi) is 2.44. The van der Waals surface area contributed by atoms with Gasteiger partial charge in [0.15, 0.2) is 0 Å². The van der Waals surface area contributed by atoms with Crippen LogP contribution in [-0.4, -0.2) is 11.1 Å². The number of rotatable bonds is 3. The fourth-order valence-corrected chi connectivity index (χ4v) is 3.06. The third kappa shape index (κ3) is 1.54. The van der Waals surface area contributed by atoms with E-state index in [1.54, 1.807) is 0 Å². The van der Waals surface area contributed by atoms with Gasteiger partial charge in [-0.05, 0) is 31.4 Å². The molecule has 0 aliphatic heterocycles. The number of aryl methyl sites for hydroxylation is 1. The summed E-state index contributed by atoms with van der Waals surface area (Å²) in [6, 6.07) is 7.91. The molecule has 0 unspecified atom stereocenters. The van der Waals surface area contributed by atoms with Gasteiger partial charge in [-0.15, -0.1) is 0 Å². The number of carbonyl (C=O) groups is 1. The van der Waals surface area contributed by atoms with Crippen molar-refractivity contribution in [3.63, 3.8) is 0 Å². The van der Waals surface area contributed by atoms with Gasteiger partial charge in [0.25, 0.3) is 0 Å². The first-order chi connectivity index (χ1) is 8.62. The second-order valence-corrected chi connectivity index (χ2v) is 5.26. The van der Waals surface area contributed by atoms with Crippen molar-refractivity contribution in [3.05, 3.63) is 35.6 Å². The first-order valence-corrected chi connectivity index (χ1v) is 6.33. The highest BCUT2D eigenvalue weighted by Gasteiger charge is 2.44. The quantitative estimate of drug-likeness (QED) is 0.896. The van der Waals surface area contributed by atoms with E-state index in [9.17, 15) is 4.79 Å². The minimum absolute atomic E-state index is 0.174. The molecule has 0 spiro atoms. The predicted molar refractivity (Wildman–Crippen MR) is 68.7 cm³/mol. The van der Waals surface area contributed by atoms with E-state index < -0.39 is 5.97 Å². The van der Waals surface area contributed by atoms with Crippen molar-refractivity contribution in [1.29, 1.82) is 0 Å². The summed E-state index contributed by atoms with van der Waals surface area (Å²) in [6.07, 6.45) is 3.09. The number of aliphatic carboxylic acids is 1. The van der Waals surface area contributed by atoms with Gasteiger partial charge in [-0.2, -0.15) is 0 Å². The normalized spacial score (nSPS) is 17.6. The number of hydrogen-bond acceptors (Lipinski definition) is 2. The summed E-state index contributed by atoms with van der Waals surface area (Å²) in [5, 5.41) is 10.2. The SMILES string of the molecule is Cc1c(C2(CC(=O)O)CCC2)oc2ccccc12. The van der Waals surface area contributed by atoms with E-state index in [0.717, 1.165) is 41.6 Å². The van der Waals surface area contributed by atoms with Crippen LogP contribution in [0.4, 0.5) is 0 Å². The molecule has 3 rings (SSSR count). The van der Waals surface area contributed by atoms with Crippen molar-refractivity contribution in [2.75, 3.05) is 0 Å². The van der Waals surface area contributed by atoms with E-state index in [4.69, 9.17) is 9.52 Å². The molecule has 0 saturated heterocycles. The van der Waals surface area contributed by atoms with E-state index in [-0.39, 0.29) is 11.8 Å². The number of para-hydroxylation sites is 1. The van der Waals surface area contributed by atoms with Crippen LogP contribution in [0.2, 0.25) is 0 Å². The van der Waals surface area contributed by atoms with Crippen LogP contribution in [0.25, 0.3) is 11.0 Å². The maximum atomic E-state index is 11.1. The van der Waals surface area contributed by atoms with E-state index in [2.05, 4.69) is 0 Å². The van der Waals surface area contributed by atoms with Crippen molar-refractivity contribution >= 4 is 16.9 Å². The van der Waals surface area contributed by atoms with E-state index in [1.165, 1.54) is 0 Å². The van der Waals surface area contributed by atoms with Crippen LogP contribution in [0, 0.1) is 6.92 Å². The first-order valence-electron chi connectivity index (χ1n) is 6.33. The molecule has 1 fully saturated rings. The maximum Gasteiger partial charge on any atom is 0.304 e. The zero-order valence-corrected chi connectivity index (χ0v) is 10.4. The van der Waals surface area contributed by atoms with E-state index in [1.807, 2.05) is 31.2 Å². The molecule has 0 atom stereocenters. The standard InChI is InChI=1S/C15H16O3/c1-10-11-5-2-3-6-12(11)18-14(10)15(7-4-8-15)9-13(16)17/h2-3,5-6H,4,7-9H2,1H3,(H,16,17). The Morgan fingerprint density at radius 1 is 1.39 bits per heavy atom. The summed E-state index contributed by atoms with van der Waals surface area (Å²) in [5.41, 5.74) is 1.70. The highest BCUT2D eigenvalue weighted by molar-refractivity contribution is 5.82. The van der Waals surface area contributed by atoms with Gasteiger partial charge in [-0.1, -0.05) is 24.6 Å². The molecule has 1 aliphatic carbocycles. The molecule has 0 radical (unpaired) electrons. The predicted octanol–water partition coefficient (Wildman–Crippen LogP) is 3.64. The Morgan fingerprint density at radius 2 is 2.11 bits per heavy atom. The molecule has 0 amide bonds. The number of carboxylic acids is 1. The van der Waals surface area contributed by atoms with E-state index >= 15 is 0 Å². The van der Waals surface area contributed by atoms with Gasteiger partial charge < -0.3 is 9.52 Å². The van der Waals surface area contributed by atoms with Crippen LogP contribution in [0.15, 0.2) is 28.7 Å². The van der Waals surface area contributed by atoms with Crippen molar-refractivity contribution in [3.8, 4) is 0 Å².